The highest BCUT2D eigenvalue weighted by Crippen LogP contribution is 2.28. The van der Waals surface area contributed by atoms with Gasteiger partial charge in [-0.15, -0.1) is 0 Å². The first-order chi connectivity index (χ1) is 8.49. The van der Waals surface area contributed by atoms with Crippen LogP contribution in [0.2, 0.25) is 0 Å². The summed E-state index contributed by atoms with van der Waals surface area (Å²) < 4.78 is 0. The Balaban J connectivity index is 3.02. The molecule has 0 aliphatic rings. The van der Waals surface area contributed by atoms with Crippen molar-refractivity contribution in [2.24, 2.45) is 0 Å². The van der Waals surface area contributed by atoms with Crippen LogP contribution < -0.4 is 0 Å². The monoisotopic (exact) mass is 315 g/mol. The molecule has 0 aliphatic carbocycles. The third-order valence-electron chi connectivity index (χ3n) is 2.65. The summed E-state index contributed by atoms with van der Waals surface area (Å²) in [4.78, 5) is 14.0. The molecule has 0 unspecified atom stereocenters. The van der Waals surface area contributed by atoms with E-state index in [1.54, 1.807) is 4.90 Å². The van der Waals surface area contributed by atoms with Gasteiger partial charge in [-0.2, -0.15) is 0 Å². The first-order valence-electron chi connectivity index (χ1n) is 5.87. The number of aromatic hydroxyl groups is 2. The summed E-state index contributed by atoms with van der Waals surface area (Å²) in [6, 6.07) is 4.31. The average molecular weight is 316 g/mol. The zero-order chi connectivity index (χ0) is 13.7. The van der Waals surface area contributed by atoms with Crippen LogP contribution in [0.1, 0.15) is 30.6 Å². The zero-order valence-electron chi connectivity index (χ0n) is 10.6. The maximum atomic E-state index is 12.3. The fourth-order valence-corrected chi connectivity index (χ4v) is 1.97. The topological polar surface area (TPSA) is 60.8 Å². The van der Waals surface area contributed by atoms with Crippen LogP contribution in [0.5, 0.6) is 11.5 Å². The molecule has 0 aliphatic heterocycles. The number of halogens is 1. The van der Waals surface area contributed by atoms with E-state index in [4.69, 9.17) is 0 Å². The molecule has 0 spiro atoms. The largest absolute Gasteiger partial charge is 0.507 e. The molecular formula is C13H18BrNO3. The molecule has 0 atom stereocenters. The fourth-order valence-electron chi connectivity index (χ4n) is 1.72. The van der Waals surface area contributed by atoms with E-state index in [-0.39, 0.29) is 29.0 Å². The molecule has 4 nitrogen and oxygen atoms in total. The second-order valence-electron chi connectivity index (χ2n) is 4.31. The Labute approximate surface area is 115 Å². The standard InChI is InChI=1S/C13H18BrNO3/c1-9(2)15(8-4-7-14)13(18)12-10(16)5-3-6-11(12)17/h3,5-6,9,16-17H,4,7-8H2,1-2H3. The van der Waals surface area contributed by atoms with Crippen molar-refractivity contribution in [3.63, 3.8) is 0 Å². The maximum Gasteiger partial charge on any atom is 0.261 e. The summed E-state index contributed by atoms with van der Waals surface area (Å²) >= 11 is 3.32. The van der Waals surface area contributed by atoms with Crippen LogP contribution >= 0.6 is 15.9 Å². The normalized spacial score (nSPS) is 10.7. The number of carbonyl (C=O) groups excluding carboxylic acids is 1. The summed E-state index contributed by atoms with van der Waals surface area (Å²) in [6.45, 7) is 4.39. The molecule has 0 saturated heterocycles. The lowest BCUT2D eigenvalue weighted by molar-refractivity contribution is 0.0700. The molecule has 0 fully saturated rings. The van der Waals surface area contributed by atoms with Gasteiger partial charge in [-0.3, -0.25) is 4.79 Å². The predicted molar refractivity (Wildman–Crippen MR) is 74.4 cm³/mol. The Hall–Kier alpha value is -1.23. The number of rotatable bonds is 5. The van der Waals surface area contributed by atoms with Crippen molar-refractivity contribution in [3.05, 3.63) is 23.8 Å². The SMILES string of the molecule is CC(C)N(CCCBr)C(=O)c1c(O)cccc1O. The molecule has 1 aromatic carbocycles. The van der Waals surface area contributed by atoms with Crippen LogP contribution in [-0.2, 0) is 0 Å². The van der Waals surface area contributed by atoms with Crippen LogP contribution in [0.4, 0.5) is 0 Å². The van der Waals surface area contributed by atoms with Crippen molar-refractivity contribution in [2.75, 3.05) is 11.9 Å². The van der Waals surface area contributed by atoms with E-state index in [9.17, 15) is 15.0 Å². The summed E-state index contributed by atoms with van der Waals surface area (Å²) in [5.74, 6) is -0.726. The molecule has 1 aromatic rings. The number of benzene rings is 1. The number of hydrogen-bond acceptors (Lipinski definition) is 3. The predicted octanol–water partition coefficient (Wildman–Crippen LogP) is 2.73. The van der Waals surface area contributed by atoms with Gasteiger partial charge in [0.25, 0.3) is 5.91 Å². The molecule has 0 heterocycles. The van der Waals surface area contributed by atoms with E-state index in [1.807, 2.05) is 13.8 Å². The molecule has 1 rings (SSSR count). The van der Waals surface area contributed by atoms with Crippen LogP contribution in [0.15, 0.2) is 18.2 Å². The Kier molecular flexibility index (Phi) is 5.47. The smallest absolute Gasteiger partial charge is 0.261 e. The second-order valence-corrected chi connectivity index (χ2v) is 5.10. The Morgan fingerprint density at radius 2 is 1.89 bits per heavy atom. The lowest BCUT2D eigenvalue weighted by Crippen LogP contribution is -2.38. The number of phenols is 2. The van der Waals surface area contributed by atoms with Crippen molar-refractivity contribution >= 4 is 21.8 Å². The van der Waals surface area contributed by atoms with Gasteiger partial charge in [-0.25, -0.2) is 0 Å². The number of amides is 1. The second kappa shape index (κ2) is 6.64. The molecule has 0 saturated carbocycles. The van der Waals surface area contributed by atoms with Gasteiger partial charge in [-0.1, -0.05) is 22.0 Å². The van der Waals surface area contributed by atoms with Gasteiger partial charge in [0.2, 0.25) is 0 Å². The zero-order valence-corrected chi connectivity index (χ0v) is 12.1. The third-order valence-corrected chi connectivity index (χ3v) is 3.21. The molecule has 0 bridgehead atoms. The molecule has 18 heavy (non-hydrogen) atoms. The van der Waals surface area contributed by atoms with E-state index in [2.05, 4.69) is 15.9 Å². The van der Waals surface area contributed by atoms with Crippen LogP contribution in [0.25, 0.3) is 0 Å². The molecule has 100 valence electrons. The lowest BCUT2D eigenvalue weighted by Gasteiger charge is -2.27. The van der Waals surface area contributed by atoms with Gasteiger partial charge in [0.15, 0.2) is 0 Å². The van der Waals surface area contributed by atoms with Crippen molar-refractivity contribution in [1.82, 2.24) is 4.90 Å². The number of carbonyl (C=O) groups is 1. The number of phenolic OH excluding ortho intramolecular Hbond substituents is 2. The quantitative estimate of drug-likeness (QED) is 0.821. The van der Waals surface area contributed by atoms with E-state index in [1.165, 1.54) is 18.2 Å². The summed E-state index contributed by atoms with van der Waals surface area (Å²) in [5.41, 5.74) is -0.0271. The summed E-state index contributed by atoms with van der Waals surface area (Å²) in [7, 11) is 0. The molecule has 5 heteroatoms. The Morgan fingerprint density at radius 1 is 1.33 bits per heavy atom. The minimum atomic E-state index is -0.346. The summed E-state index contributed by atoms with van der Waals surface area (Å²) in [6.07, 6.45) is 0.818. The fraction of sp³-hybridized carbons (Fsp3) is 0.462. The van der Waals surface area contributed by atoms with E-state index < -0.39 is 0 Å². The highest BCUT2D eigenvalue weighted by molar-refractivity contribution is 9.09. The molecule has 0 radical (unpaired) electrons. The minimum Gasteiger partial charge on any atom is -0.507 e. The molecule has 1 amide bonds. The Morgan fingerprint density at radius 3 is 2.33 bits per heavy atom. The number of hydrogen-bond donors (Lipinski definition) is 2. The third kappa shape index (κ3) is 3.38. The van der Waals surface area contributed by atoms with Gasteiger partial charge >= 0.3 is 0 Å². The maximum absolute atomic E-state index is 12.3. The first kappa shape index (κ1) is 14.8. The van der Waals surface area contributed by atoms with E-state index in [0.29, 0.717) is 6.54 Å². The van der Waals surface area contributed by atoms with E-state index >= 15 is 0 Å². The van der Waals surface area contributed by atoms with Gasteiger partial charge < -0.3 is 15.1 Å². The average Bonchev–Trinajstić information content (AvgIpc) is 2.28. The van der Waals surface area contributed by atoms with Gasteiger partial charge in [0.1, 0.15) is 17.1 Å². The lowest BCUT2D eigenvalue weighted by atomic mass is 10.1. The van der Waals surface area contributed by atoms with E-state index in [0.717, 1.165) is 11.8 Å². The highest BCUT2D eigenvalue weighted by Gasteiger charge is 2.23. The van der Waals surface area contributed by atoms with Crippen molar-refractivity contribution in [2.45, 2.75) is 26.3 Å². The molecule has 0 aromatic heterocycles. The molecular weight excluding hydrogens is 298 g/mol. The summed E-state index contributed by atoms with van der Waals surface area (Å²) in [5, 5.41) is 20.2. The highest BCUT2D eigenvalue weighted by atomic mass is 79.9. The van der Waals surface area contributed by atoms with Gasteiger partial charge in [0.05, 0.1) is 0 Å². The van der Waals surface area contributed by atoms with Crippen molar-refractivity contribution in [3.8, 4) is 11.5 Å². The number of alkyl halides is 1. The van der Waals surface area contributed by atoms with Crippen LogP contribution in [-0.4, -0.2) is 38.9 Å². The molecule has 2 N–H and O–H groups in total. The van der Waals surface area contributed by atoms with Gasteiger partial charge in [0, 0.05) is 17.9 Å². The number of nitrogens with zero attached hydrogens (tertiary/aromatic N) is 1. The van der Waals surface area contributed by atoms with Crippen LogP contribution in [0, 0.1) is 0 Å². The first-order valence-corrected chi connectivity index (χ1v) is 6.99. The van der Waals surface area contributed by atoms with Crippen molar-refractivity contribution < 1.29 is 15.0 Å². The Bertz CT molecular complexity index is 400. The van der Waals surface area contributed by atoms with Crippen LogP contribution in [0.3, 0.4) is 0 Å². The van der Waals surface area contributed by atoms with Crippen molar-refractivity contribution in [1.29, 1.82) is 0 Å². The van der Waals surface area contributed by atoms with Gasteiger partial charge in [-0.05, 0) is 32.4 Å². The minimum absolute atomic E-state index is 0.00977.